The number of halogens is 1. The maximum atomic E-state index is 11.9. The number of hydrogen-bond donors (Lipinski definition) is 2. The van der Waals surface area contributed by atoms with E-state index in [-0.39, 0.29) is 18.3 Å². The van der Waals surface area contributed by atoms with E-state index in [1.54, 1.807) is 18.0 Å². The van der Waals surface area contributed by atoms with Crippen LogP contribution in [0.3, 0.4) is 0 Å². The van der Waals surface area contributed by atoms with Crippen LogP contribution >= 0.6 is 24.2 Å². The van der Waals surface area contributed by atoms with Gasteiger partial charge in [-0.15, -0.1) is 24.2 Å². The summed E-state index contributed by atoms with van der Waals surface area (Å²) in [4.78, 5) is 16.4. The molecule has 130 valence electrons. The van der Waals surface area contributed by atoms with E-state index < -0.39 is 0 Å². The highest BCUT2D eigenvalue weighted by molar-refractivity contribution is 7.99. The maximum absolute atomic E-state index is 11.9. The lowest BCUT2D eigenvalue weighted by molar-refractivity contribution is -0.119. The Morgan fingerprint density at radius 1 is 1.29 bits per heavy atom. The number of carbonyl (C=O) groups excluding carboxylic acids is 1. The highest BCUT2D eigenvalue weighted by Crippen LogP contribution is 2.20. The van der Waals surface area contributed by atoms with E-state index in [2.05, 4.69) is 15.6 Å². The van der Waals surface area contributed by atoms with Gasteiger partial charge in [0.15, 0.2) is 0 Å². The summed E-state index contributed by atoms with van der Waals surface area (Å²) < 4.78 is 5.50. The summed E-state index contributed by atoms with van der Waals surface area (Å²) in [6, 6.07) is 10.1. The zero-order valence-corrected chi connectivity index (χ0v) is 15.0. The van der Waals surface area contributed by atoms with Gasteiger partial charge in [0.05, 0.1) is 11.4 Å². The van der Waals surface area contributed by atoms with Crippen LogP contribution in [0.4, 0.5) is 0 Å². The smallest absolute Gasteiger partial charge is 0.230 e. The Morgan fingerprint density at radius 2 is 2.04 bits per heavy atom. The van der Waals surface area contributed by atoms with Gasteiger partial charge in [0.1, 0.15) is 6.26 Å². The fourth-order valence-electron chi connectivity index (χ4n) is 2.57. The first-order valence-electron chi connectivity index (χ1n) is 7.89. The summed E-state index contributed by atoms with van der Waals surface area (Å²) in [6.45, 7) is 1.97. The molecule has 0 radical (unpaired) electrons. The molecular weight excluding hydrogens is 346 g/mol. The molecule has 1 saturated heterocycles. The molecule has 0 unspecified atom stereocenters. The first-order valence-corrected chi connectivity index (χ1v) is 9.04. The first kappa shape index (κ1) is 18.8. The lowest BCUT2D eigenvalue weighted by Crippen LogP contribution is -2.43. The van der Waals surface area contributed by atoms with Gasteiger partial charge in [0.25, 0.3) is 0 Å². The third-order valence-corrected chi connectivity index (χ3v) is 4.73. The average Bonchev–Trinajstić information content (AvgIpc) is 3.05. The number of thioether (sulfide) groups is 1. The van der Waals surface area contributed by atoms with Gasteiger partial charge in [-0.25, -0.2) is 4.98 Å². The minimum Gasteiger partial charge on any atom is -0.444 e. The number of hydrogen-bond acceptors (Lipinski definition) is 5. The van der Waals surface area contributed by atoms with Crippen molar-refractivity contribution >= 4 is 30.1 Å². The van der Waals surface area contributed by atoms with Crippen LogP contribution in [0.2, 0.25) is 0 Å². The second-order valence-electron chi connectivity index (χ2n) is 5.59. The van der Waals surface area contributed by atoms with Crippen LogP contribution in [0.25, 0.3) is 11.5 Å². The number of amides is 1. The number of nitrogens with one attached hydrogen (secondary N) is 2. The Hall–Kier alpha value is -1.50. The number of oxazole rings is 1. The summed E-state index contributed by atoms with van der Waals surface area (Å²) in [6.07, 6.45) is 3.69. The van der Waals surface area contributed by atoms with Crippen LogP contribution in [0, 0.1) is 0 Å². The summed E-state index contributed by atoms with van der Waals surface area (Å²) >= 11 is 1.56. The normalized spacial score (nSPS) is 14.8. The fourth-order valence-corrected chi connectivity index (χ4v) is 3.28. The Bertz CT molecular complexity index is 630. The van der Waals surface area contributed by atoms with Gasteiger partial charge >= 0.3 is 0 Å². The molecule has 1 aliphatic rings. The molecule has 1 amide bonds. The number of benzene rings is 1. The highest BCUT2D eigenvalue weighted by Gasteiger charge is 2.15. The van der Waals surface area contributed by atoms with Crippen LogP contribution < -0.4 is 10.6 Å². The number of aromatic nitrogens is 1. The van der Waals surface area contributed by atoms with E-state index in [4.69, 9.17) is 4.42 Å². The lowest BCUT2D eigenvalue weighted by atomic mass is 10.1. The third kappa shape index (κ3) is 5.54. The minimum atomic E-state index is 0. The van der Waals surface area contributed by atoms with E-state index >= 15 is 0 Å². The van der Waals surface area contributed by atoms with Crippen molar-refractivity contribution in [3.8, 4) is 11.5 Å². The minimum absolute atomic E-state index is 0. The molecule has 7 heteroatoms. The van der Waals surface area contributed by atoms with Gasteiger partial charge in [-0.2, -0.15) is 0 Å². The molecule has 24 heavy (non-hydrogen) atoms. The highest BCUT2D eigenvalue weighted by atomic mass is 35.5. The Labute approximate surface area is 152 Å². The summed E-state index contributed by atoms with van der Waals surface area (Å²) in [5.74, 6) is 1.86. The van der Waals surface area contributed by atoms with Crippen LogP contribution in [0.15, 0.2) is 41.0 Å². The van der Waals surface area contributed by atoms with Gasteiger partial charge in [-0.3, -0.25) is 4.79 Å². The maximum Gasteiger partial charge on any atom is 0.230 e. The second kappa shape index (κ2) is 9.71. The van der Waals surface area contributed by atoms with Crippen LogP contribution in [-0.4, -0.2) is 35.8 Å². The van der Waals surface area contributed by atoms with Gasteiger partial charge < -0.3 is 15.1 Å². The molecule has 1 aliphatic heterocycles. The van der Waals surface area contributed by atoms with E-state index in [0.29, 0.717) is 23.4 Å². The Balaban J connectivity index is 0.00000208. The number of rotatable bonds is 6. The summed E-state index contributed by atoms with van der Waals surface area (Å²) in [5, 5.41) is 6.39. The molecule has 0 atom stereocenters. The molecule has 2 aromatic rings. The zero-order valence-electron chi connectivity index (χ0n) is 13.4. The Morgan fingerprint density at radius 3 is 2.79 bits per heavy atom. The first-order chi connectivity index (χ1) is 11.3. The zero-order chi connectivity index (χ0) is 15.9. The van der Waals surface area contributed by atoms with Gasteiger partial charge in [0.2, 0.25) is 11.8 Å². The molecule has 0 bridgehead atoms. The molecule has 1 fully saturated rings. The van der Waals surface area contributed by atoms with Crippen molar-refractivity contribution < 1.29 is 9.21 Å². The topological polar surface area (TPSA) is 67.2 Å². The predicted octanol–water partition coefficient (Wildman–Crippen LogP) is 2.86. The molecule has 0 aliphatic carbocycles. The molecule has 0 spiro atoms. The number of carbonyl (C=O) groups is 1. The van der Waals surface area contributed by atoms with Crippen molar-refractivity contribution in [2.24, 2.45) is 0 Å². The van der Waals surface area contributed by atoms with Crippen molar-refractivity contribution in [2.45, 2.75) is 24.6 Å². The van der Waals surface area contributed by atoms with Gasteiger partial charge in [-0.05, 0) is 38.1 Å². The molecule has 2 heterocycles. The van der Waals surface area contributed by atoms with Gasteiger partial charge in [-0.1, -0.05) is 18.2 Å². The van der Waals surface area contributed by atoms with Crippen LogP contribution in [0.5, 0.6) is 0 Å². The second-order valence-corrected chi connectivity index (χ2v) is 6.58. The molecule has 5 nitrogen and oxygen atoms in total. The van der Waals surface area contributed by atoms with Crippen molar-refractivity contribution in [2.75, 3.05) is 18.8 Å². The molecule has 1 aromatic heterocycles. The van der Waals surface area contributed by atoms with Crippen molar-refractivity contribution in [1.82, 2.24) is 15.6 Å². The van der Waals surface area contributed by atoms with Crippen molar-refractivity contribution in [3.63, 3.8) is 0 Å². The molecule has 2 N–H and O–H groups in total. The van der Waals surface area contributed by atoms with E-state index in [1.165, 1.54) is 0 Å². The van der Waals surface area contributed by atoms with Crippen LogP contribution in [-0.2, 0) is 10.5 Å². The summed E-state index contributed by atoms with van der Waals surface area (Å²) in [5.41, 5.74) is 1.83. The Kier molecular flexibility index (Phi) is 7.62. The van der Waals surface area contributed by atoms with E-state index in [9.17, 15) is 4.79 Å². The molecule has 1 aromatic carbocycles. The monoisotopic (exact) mass is 367 g/mol. The molecule has 0 saturated carbocycles. The van der Waals surface area contributed by atoms with Crippen molar-refractivity contribution in [1.29, 1.82) is 0 Å². The quantitative estimate of drug-likeness (QED) is 0.821. The van der Waals surface area contributed by atoms with Crippen LogP contribution in [0.1, 0.15) is 18.5 Å². The lowest BCUT2D eigenvalue weighted by Gasteiger charge is -2.23. The molecule has 3 rings (SSSR count). The fraction of sp³-hybridized carbons (Fsp3) is 0.412. The van der Waals surface area contributed by atoms with E-state index in [1.807, 2.05) is 30.3 Å². The summed E-state index contributed by atoms with van der Waals surface area (Å²) in [7, 11) is 0. The van der Waals surface area contributed by atoms with Gasteiger partial charge in [0, 0.05) is 17.4 Å². The number of nitrogens with zero attached hydrogens (tertiary/aromatic N) is 1. The molecular formula is C17H22ClN3O2S. The largest absolute Gasteiger partial charge is 0.444 e. The standard InChI is InChI=1S/C17H21N3O2S.ClH/c21-16(19-14-6-8-18-9-7-14)12-23-11-15-10-22-17(20-15)13-4-2-1-3-5-13;/h1-5,10,14,18H,6-9,11-12H2,(H,19,21);1H. The third-order valence-electron chi connectivity index (χ3n) is 3.76. The van der Waals surface area contributed by atoms with Crippen molar-refractivity contribution in [3.05, 3.63) is 42.3 Å². The number of piperidine rings is 1. The SMILES string of the molecule is Cl.O=C(CSCc1coc(-c2ccccc2)n1)NC1CCNCC1. The average molecular weight is 368 g/mol. The van der Waals surface area contributed by atoms with E-state index in [0.717, 1.165) is 37.2 Å². The predicted molar refractivity (Wildman–Crippen MR) is 99.4 cm³/mol.